The van der Waals surface area contributed by atoms with Crippen LogP contribution in [0.2, 0.25) is 0 Å². The average Bonchev–Trinajstić information content (AvgIpc) is 3.73. The smallest absolute Gasteiger partial charge is 0.407 e. The Morgan fingerprint density at radius 3 is 2.48 bits per heavy atom. The number of alkyl carbamates (subject to hydrolysis) is 1. The van der Waals surface area contributed by atoms with Crippen molar-refractivity contribution in [2.45, 2.75) is 69.7 Å². The van der Waals surface area contributed by atoms with Crippen molar-refractivity contribution in [2.75, 3.05) is 25.5 Å². The number of carbonyl (C=O) groups excluding carboxylic acids is 5. The summed E-state index contributed by atoms with van der Waals surface area (Å²) in [6, 6.07) is -2.04. The molecule has 3 aliphatic heterocycles. The zero-order chi connectivity index (χ0) is 32.0. The Labute approximate surface area is 252 Å². The maximum Gasteiger partial charge on any atom is 0.407 e. The predicted octanol–water partition coefficient (Wildman–Crippen LogP) is 1.83. The number of nitrogens with one attached hydrogen (secondary N) is 2. The Bertz CT molecular complexity index is 1470. The van der Waals surface area contributed by atoms with Gasteiger partial charge < -0.3 is 30.9 Å². The van der Waals surface area contributed by atoms with Crippen LogP contribution in [-0.2, 0) is 29.3 Å². The molecule has 4 N–H and O–H groups in total. The number of nitrogens with two attached hydrogens (primary N) is 1. The molecule has 1 spiro atoms. The first-order valence-electron chi connectivity index (χ1n) is 14.8. The van der Waals surface area contributed by atoms with Crippen molar-refractivity contribution in [3.63, 3.8) is 0 Å². The molecular weight excluding hydrogens is 583 g/mol. The van der Waals surface area contributed by atoms with Crippen molar-refractivity contribution in [2.24, 2.45) is 34.8 Å². The van der Waals surface area contributed by atoms with E-state index in [0.717, 1.165) is 18.1 Å². The molecule has 6 rings (SSSR count). The van der Waals surface area contributed by atoms with E-state index in [1.807, 2.05) is 0 Å². The summed E-state index contributed by atoms with van der Waals surface area (Å²) in [5.74, 6) is -6.15. The molecule has 0 unspecified atom stereocenters. The van der Waals surface area contributed by atoms with Crippen molar-refractivity contribution in [3.8, 4) is 0 Å². The molecule has 5 amide bonds. The van der Waals surface area contributed by atoms with Crippen molar-refractivity contribution in [1.29, 1.82) is 0 Å². The van der Waals surface area contributed by atoms with Gasteiger partial charge in [-0.3, -0.25) is 19.2 Å². The van der Waals surface area contributed by atoms with Gasteiger partial charge in [0.1, 0.15) is 35.9 Å². The van der Waals surface area contributed by atoms with E-state index in [9.17, 15) is 32.8 Å². The zero-order valence-electron chi connectivity index (χ0n) is 24.9. The van der Waals surface area contributed by atoms with Gasteiger partial charge in [-0.2, -0.15) is 0 Å². The van der Waals surface area contributed by atoms with E-state index >= 15 is 4.39 Å². The lowest BCUT2D eigenvalue weighted by molar-refractivity contribution is -0.150. The number of methoxy groups -OCH3 is 1. The molecule has 2 saturated carbocycles. The van der Waals surface area contributed by atoms with Crippen LogP contribution < -0.4 is 16.4 Å². The van der Waals surface area contributed by atoms with Crippen LogP contribution in [0.1, 0.15) is 45.6 Å². The summed E-state index contributed by atoms with van der Waals surface area (Å²) in [6.07, 6.45) is -1.46. The highest BCUT2D eigenvalue weighted by Gasteiger charge is 2.66. The third kappa shape index (κ3) is 4.34. The number of rotatable bonds is 4. The number of alkyl halides is 1. The van der Waals surface area contributed by atoms with Gasteiger partial charge in [-0.1, -0.05) is 20.8 Å². The van der Waals surface area contributed by atoms with Gasteiger partial charge in [0.05, 0.1) is 18.2 Å². The van der Waals surface area contributed by atoms with Gasteiger partial charge in [0.15, 0.2) is 0 Å². The molecule has 5 aliphatic rings. The number of carbonyl (C=O) groups is 5. The summed E-state index contributed by atoms with van der Waals surface area (Å²) in [7, 11) is 1.16. The normalized spacial score (nSPS) is 34.2. The van der Waals surface area contributed by atoms with Crippen LogP contribution in [0.3, 0.4) is 0 Å². The fourth-order valence-electron chi connectivity index (χ4n) is 8.60. The maximum atomic E-state index is 15.2. The van der Waals surface area contributed by atoms with Gasteiger partial charge in [-0.25, -0.2) is 18.0 Å². The predicted molar refractivity (Wildman–Crippen MR) is 148 cm³/mol. The molecule has 1 aromatic rings. The molecule has 1 aromatic carbocycles. The van der Waals surface area contributed by atoms with Gasteiger partial charge >= 0.3 is 6.09 Å². The van der Waals surface area contributed by atoms with Crippen LogP contribution in [-0.4, -0.2) is 84.0 Å². The molecule has 0 radical (unpaired) electrons. The highest BCUT2D eigenvalue weighted by atomic mass is 19.1. The third-order valence-corrected chi connectivity index (χ3v) is 10.6. The topological polar surface area (TPSA) is 151 Å². The zero-order valence-corrected chi connectivity index (χ0v) is 24.9. The molecule has 9 atom stereocenters. The van der Waals surface area contributed by atoms with Gasteiger partial charge in [0.2, 0.25) is 23.6 Å². The number of benzene rings is 1. The number of halogens is 3. The standard InChI is InChI=1S/C30H36F3N5O6/c1-29(2,3)23(36-28(43)44-4)26(41)37-10-15-12-5-14(17(32)6-12)20(15)22(37)25(40)38-11-30(9-19(38)24(34)39)16-7-13(31)8-18(33)21(16)35-27(30)42/h7-8,12,14-15,17,19-20,22-23H,5-6,9-11H2,1-4H3,(H2,34,39)(H,35,42)(H,36,43)/t12-,14+,15+,17+,19-,20-,22-,23+,30-/m0/s1. The van der Waals surface area contributed by atoms with Crippen LogP contribution in [0.4, 0.5) is 23.7 Å². The lowest BCUT2D eigenvalue weighted by Crippen LogP contribution is -2.60. The monoisotopic (exact) mass is 619 g/mol. The average molecular weight is 620 g/mol. The first-order valence-corrected chi connectivity index (χ1v) is 14.8. The summed E-state index contributed by atoms with van der Waals surface area (Å²) in [4.78, 5) is 69.7. The van der Waals surface area contributed by atoms with E-state index in [-0.39, 0.29) is 36.1 Å². The van der Waals surface area contributed by atoms with E-state index in [1.165, 1.54) is 4.90 Å². The number of amides is 5. The minimum Gasteiger partial charge on any atom is -0.453 e. The Morgan fingerprint density at radius 1 is 1.14 bits per heavy atom. The number of primary amides is 1. The second kappa shape index (κ2) is 10.1. The van der Waals surface area contributed by atoms with E-state index in [2.05, 4.69) is 10.6 Å². The highest BCUT2D eigenvalue weighted by Crippen LogP contribution is 2.59. The van der Waals surface area contributed by atoms with Crippen LogP contribution in [0.25, 0.3) is 0 Å². The molecule has 3 heterocycles. The number of likely N-dealkylation sites (tertiary alicyclic amines) is 2. The molecule has 2 saturated heterocycles. The largest absolute Gasteiger partial charge is 0.453 e. The van der Waals surface area contributed by atoms with Gasteiger partial charge in [0, 0.05) is 19.2 Å². The second-order valence-electron chi connectivity index (χ2n) is 14.0. The van der Waals surface area contributed by atoms with Gasteiger partial charge in [-0.05, 0) is 60.0 Å². The maximum absolute atomic E-state index is 15.2. The van der Waals surface area contributed by atoms with Crippen LogP contribution in [0.15, 0.2) is 12.1 Å². The Hall–Kier alpha value is -3.84. The Morgan fingerprint density at radius 2 is 1.84 bits per heavy atom. The second-order valence-corrected chi connectivity index (χ2v) is 14.0. The minimum absolute atomic E-state index is 0.0300. The van der Waals surface area contributed by atoms with Gasteiger partial charge in [-0.15, -0.1) is 0 Å². The summed E-state index contributed by atoms with van der Waals surface area (Å²) in [5, 5.41) is 4.99. The SMILES string of the molecule is COC(=O)N[C@H](C(=O)N1C[C@@H]2[C@H]3C[C@@H]([C@@H]2[C@H]1C(=O)N1C[C@]2(C[C@H]1C(N)=O)C(=O)Nc1c(F)cc(F)cc12)[C@H](F)C3)C(C)(C)C. The van der Waals surface area contributed by atoms with Crippen LogP contribution >= 0.6 is 0 Å². The number of anilines is 1. The highest BCUT2D eigenvalue weighted by molar-refractivity contribution is 6.08. The number of ether oxygens (including phenoxy) is 1. The number of hydrogen-bond donors (Lipinski definition) is 3. The minimum atomic E-state index is -1.67. The third-order valence-electron chi connectivity index (χ3n) is 10.6. The van der Waals surface area contributed by atoms with Crippen molar-refractivity contribution in [3.05, 3.63) is 29.3 Å². The van der Waals surface area contributed by atoms with E-state index in [4.69, 9.17) is 10.5 Å². The molecule has 2 bridgehead atoms. The fourth-order valence-corrected chi connectivity index (χ4v) is 8.60. The van der Waals surface area contributed by atoms with Gasteiger partial charge in [0.25, 0.3) is 0 Å². The Kier molecular flexibility index (Phi) is 6.93. The van der Waals surface area contributed by atoms with E-state index in [1.54, 1.807) is 20.8 Å². The fraction of sp³-hybridized carbons (Fsp3) is 0.633. The number of hydrogen-bond acceptors (Lipinski definition) is 6. The lowest BCUT2D eigenvalue weighted by Gasteiger charge is -2.38. The van der Waals surface area contributed by atoms with E-state index in [0.29, 0.717) is 18.9 Å². The molecule has 0 aromatic heterocycles. The molecule has 2 aliphatic carbocycles. The van der Waals surface area contributed by atoms with Crippen molar-refractivity contribution < 1.29 is 41.9 Å². The molecule has 14 heteroatoms. The summed E-state index contributed by atoms with van der Waals surface area (Å²) in [6.45, 7) is 4.93. The molecular formula is C30H36F3N5O6. The molecule has 238 valence electrons. The quantitative estimate of drug-likeness (QED) is 0.468. The molecule has 11 nitrogen and oxygen atoms in total. The van der Waals surface area contributed by atoms with E-state index < -0.39 is 94.9 Å². The molecule has 4 fully saturated rings. The first kappa shape index (κ1) is 30.2. The summed E-state index contributed by atoms with van der Waals surface area (Å²) < 4.78 is 49.0. The summed E-state index contributed by atoms with van der Waals surface area (Å²) >= 11 is 0. The summed E-state index contributed by atoms with van der Waals surface area (Å²) in [5.41, 5.74) is 3.00. The lowest BCUT2D eigenvalue weighted by atomic mass is 9.77. The van der Waals surface area contributed by atoms with Crippen LogP contribution in [0.5, 0.6) is 0 Å². The first-order chi connectivity index (χ1) is 20.6. The Balaban J connectivity index is 1.40. The number of nitrogens with zero attached hydrogens (tertiary/aromatic N) is 2. The van der Waals surface area contributed by atoms with Crippen molar-refractivity contribution >= 4 is 35.4 Å². The van der Waals surface area contributed by atoms with Crippen LogP contribution in [0, 0.1) is 40.7 Å². The molecule has 44 heavy (non-hydrogen) atoms. The number of fused-ring (bicyclic) bond motifs is 7. The van der Waals surface area contributed by atoms with Crippen molar-refractivity contribution in [1.82, 2.24) is 15.1 Å².